The number of hydrogen-bond donors (Lipinski definition) is 2. The smallest absolute Gasteiger partial charge is 0.325 e. The van der Waals surface area contributed by atoms with Crippen molar-refractivity contribution < 1.29 is 23.1 Å². The largest absolute Gasteiger partial charge is 0.480 e. The first-order valence-electron chi connectivity index (χ1n) is 5.77. The molecule has 0 saturated heterocycles. The van der Waals surface area contributed by atoms with Crippen molar-refractivity contribution in [1.29, 1.82) is 0 Å². The molecule has 20 heavy (non-hydrogen) atoms. The van der Waals surface area contributed by atoms with Gasteiger partial charge in [0.05, 0.1) is 19.4 Å². The lowest BCUT2D eigenvalue weighted by molar-refractivity contribution is -0.137. The summed E-state index contributed by atoms with van der Waals surface area (Å²) in [6, 6.07) is 0. The van der Waals surface area contributed by atoms with Crippen molar-refractivity contribution in [1.82, 2.24) is 14.5 Å². The predicted octanol–water partition coefficient (Wildman–Crippen LogP) is -0.161. The first-order valence-corrected chi connectivity index (χ1v) is 7.25. The first kappa shape index (κ1) is 16.3. The number of rotatable bonds is 9. The molecule has 1 aromatic heterocycles. The highest BCUT2D eigenvalue weighted by Gasteiger charge is 2.16. The van der Waals surface area contributed by atoms with Crippen molar-refractivity contribution in [3.63, 3.8) is 0 Å². The molecule has 0 amide bonds. The van der Waals surface area contributed by atoms with Gasteiger partial charge in [0.1, 0.15) is 11.4 Å². The van der Waals surface area contributed by atoms with Crippen molar-refractivity contribution in [2.24, 2.45) is 0 Å². The van der Waals surface area contributed by atoms with Crippen LogP contribution >= 0.6 is 0 Å². The molecule has 0 unspecified atom stereocenters. The Morgan fingerprint density at radius 1 is 1.60 bits per heavy atom. The molecule has 0 spiro atoms. The number of nitrogens with one attached hydrogen (secondary N) is 1. The summed E-state index contributed by atoms with van der Waals surface area (Å²) in [5, 5.41) is 12.2. The summed E-state index contributed by atoms with van der Waals surface area (Å²) in [5.74, 6) is -1.10. The van der Waals surface area contributed by atoms with E-state index in [0.717, 1.165) is 22.6 Å². The lowest BCUT2D eigenvalue weighted by atomic mass is 10.4. The van der Waals surface area contributed by atoms with Crippen molar-refractivity contribution >= 4 is 16.0 Å². The maximum absolute atomic E-state index is 11.8. The molecule has 0 atom stereocenters. The number of carbonyl (C=O) groups is 1. The van der Waals surface area contributed by atoms with Gasteiger partial charge in [-0.1, -0.05) is 12.2 Å². The predicted molar refractivity (Wildman–Crippen MR) is 70.7 cm³/mol. The minimum Gasteiger partial charge on any atom is -0.480 e. The fourth-order valence-corrected chi connectivity index (χ4v) is 2.25. The van der Waals surface area contributed by atoms with E-state index in [2.05, 4.69) is 16.4 Å². The van der Waals surface area contributed by atoms with Crippen LogP contribution in [0.25, 0.3) is 0 Å². The molecule has 0 bridgehead atoms. The molecule has 0 aliphatic carbocycles. The molecule has 0 aliphatic rings. The van der Waals surface area contributed by atoms with E-state index in [9.17, 15) is 13.2 Å². The minimum atomic E-state index is -3.70. The third kappa shape index (κ3) is 5.51. The summed E-state index contributed by atoms with van der Waals surface area (Å²) in [6.07, 6.45) is 2.26. The van der Waals surface area contributed by atoms with Crippen molar-refractivity contribution in [3.05, 3.63) is 24.5 Å². The molecule has 1 rings (SSSR count). The fourth-order valence-electron chi connectivity index (χ4n) is 1.29. The van der Waals surface area contributed by atoms with E-state index in [0.29, 0.717) is 6.61 Å². The van der Waals surface area contributed by atoms with Crippen LogP contribution in [0.4, 0.5) is 0 Å². The van der Waals surface area contributed by atoms with Gasteiger partial charge in [0, 0.05) is 12.7 Å². The summed E-state index contributed by atoms with van der Waals surface area (Å²) in [7, 11) is -3.70. The summed E-state index contributed by atoms with van der Waals surface area (Å²) in [4.78, 5) is 10.4. The van der Waals surface area contributed by atoms with E-state index in [1.165, 1.54) is 0 Å². The van der Waals surface area contributed by atoms with E-state index in [1.54, 1.807) is 6.92 Å². The molecule has 9 heteroatoms. The van der Waals surface area contributed by atoms with Gasteiger partial charge < -0.3 is 9.84 Å². The average molecular weight is 303 g/mol. The van der Waals surface area contributed by atoms with Crippen molar-refractivity contribution in [2.75, 3.05) is 19.8 Å². The summed E-state index contributed by atoms with van der Waals surface area (Å²) in [5.41, 5.74) is 0.850. The van der Waals surface area contributed by atoms with Gasteiger partial charge in [0.25, 0.3) is 0 Å². The molecule has 0 saturated carbocycles. The SMILES string of the molecule is C=C(C)COCCNS(=O)(=O)c1cnn(CC(=O)O)c1. The Hall–Kier alpha value is -1.71. The van der Waals surface area contributed by atoms with Crippen molar-refractivity contribution in [3.8, 4) is 0 Å². The highest BCUT2D eigenvalue weighted by atomic mass is 32.2. The third-order valence-corrected chi connectivity index (χ3v) is 3.52. The standard InChI is InChI=1S/C11H17N3O5S/c1-9(2)8-19-4-3-13-20(17,18)10-5-12-14(6-10)7-11(15)16/h5-6,13H,1,3-4,7-8H2,2H3,(H,15,16). The molecular formula is C11H17N3O5S. The van der Waals surface area contributed by atoms with Gasteiger partial charge in [0.15, 0.2) is 0 Å². The second-order valence-corrected chi connectivity index (χ2v) is 5.94. The van der Waals surface area contributed by atoms with Crippen LogP contribution in [-0.2, 0) is 26.1 Å². The second-order valence-electron chi connectivity index (χ2n) is 4.17. The molecule has 0 aromatic carbocycles. The molecular weight excluding hydrogens is 286 g/mol. The fraction of sp³-hybridized carbons (Fsp3) is 0.455. The normalized spacial score (nSPS) is 11.4. The van der Waals surface area contributed by atoms with E-state index in [1.807, 2.05) is 0 Å². The Bertz CT molecular complexity index is 579. The number of carboxylic acids is 1. The molecule has 0 fully saturated rings. The van der Waals surface area contributed by atoms with Crippen LogP contribution in [0.5, 0.6) is 0 Å². The monoisotopic (exact) mass is 303 g/mol. The zero-order valence-electron chi connectivity index (χ0n) is 11.1. The average Bonchev–Trinajstić information content (AvgIpc) is 2.76. The Morgan fingerprint density at radius 3 is 2.90 bits per heavy atom. The minimum absolute atomic E-state index is 0.0846. The second kappa shape index (κ2) is 7.17. The summed E-state index contributed by atoms with van der Waals surface area (Å²) in [6.45, 7) is 5.77. The van der Waals surface area contributed by atoms with Crippen LogP contribution in [0.15, 0.2) is 29.4 Å². The molecule has 112 valence electrons. The van der Waals surface area contributed by atoms with Gasteiger partial charge in [-0.25, -0.2) is 13.1 Å². The van der Waals surface area contributed by atoms with Crippen LogP contribution in [-0.4, -0.2) is 49.0 Å². The van der Waals surface area contributed by atoms with Crippen LogP contribution in [0.1, 0.15) is 6.92 Å². The Morgan fingerprint density at radius 2 is 2.30 bits per heavy atom. The maximum atomic E-state index is 11.8. The Balaban J connectivity index is 2.49. The molecule has 0 aliphatic heterocycles. The number of aliphatic carboxylic acids is 1. The van der Waals surface area contributed by atoms with Gasteiger partial charge in [-0.15, -0.1) is 0 Å². The quantitative estimate of drug-likeness (QED) is 0.484. The van der Waals surface area contributed by atoms with Gasteiger partial charge in [-0.2, -0.15) is 5.10 Å². The van der Waals surface area contributed by atoms with Crippen LogP contribution in [0.3, 0.4) is 0 Å². The topological polar surface area (TPSA) is 111 Å². The number of aromatic nitrogens is 2. The molecule has 2 N–H and O–H groups in total. The van der Waals surface area contributed by atoms with Crippen LogP contribution in [0, 0.1) is 0 Å². The number of nitrogens with zero attached hydrogens (tertiary/aromatic N) is 2. The van der Waals surface area contributed by atoms with E-state index < -0.39 is 22.5 Å². The zero-order chi connectivity index (χ0) is 15.2. The molecule has 0 radical (unpaired) electrons. The highest BCUT2D eigenvalue weighted by molar-refractivity contribution is 7.89. The number of ether oxygens (including phenoxy) is 1. The first-order chi connectivity index (χ1) is 9.31. The number of hydrogen-bond acceptors (Lipinski definition) is 5. The summed E-state index contributed by atoms with van der Waals surface area (Å²) < 4.78 is 32.2. The van der Waals surface area contributed by atoms with E-state index in [4.69, 9.17) is 9.84 Å². The van der Waals surface area contributed by atoms with Gasteiger partial charge >= 0.3 is 5.97 Å². The molecule has 1 heterocycles. The highest BCUT2D eigenvalue weighted by Crippen LogP contribution is 2.06. The molecule has 1 aromatic rings. The number of carboxylic acid groups (broad SMARTS) is 1. The van der Waals surface area contributed by atoms with Crippen molar-refractivity contribution in [2.45, 2.75) is 18.4 Å². The summed E-state index contributed by atoms with van der Waals surface area (Å²) >= 11 is 0. The Kier molecular flexibility index (Phi) is 5.86. The zero-order valence-corrected chi connectivity index (χ0v) is 11.9. The van der Waals surface area contributed by atoms with Gasteiger partial charge in [0.2, 0.25) is 10.0 Å². The van der Waals surface area contributed by atoms with E-state index >= 15 is 0 Å². The third-order valence-electron chi connectivity index (χ3n) is 2.10. The maximum Gasteiger partial charge on any atom is 0.325 e. The lowest BCUT2D eigenvalue weighted by Gasteiger charge is -2.05. The number of sulfonamides is 1. The van der Waals surface area contributed by atoms with Gasteiger partial charge in [-0.05, 0) is 6.92 Å². The van der Waals surface area contributed by atoms with Crippen LogP contribution in [0.2, 0.25) is 0 Å². The van der Waals surface area contributed by atoms with Crippen LogP contribution < -0.4 is 4.72 Å². The van der Waals surface area contributed by atoms with Gasteiger partial charge in [-0.3, -0.25) is 9.48 Å². The lowest BCUT2D eigenvalue weighted by Crippen LogP contribution is -2.27. The molecule has 8 nitrogen and oxygen atoms in total. The Labute approximate surface area is 117 Å². The van der Waals surface area contributed by atoms with E-state index in [-0.39, 0.29) is 18.0 Å².